The molecule has 1 aliphatic carbocycles. The lowest BCUT2D eigenvalue weighted by Gasteiger charge is -2.28. The van der Waals surface area contributed by atoms with Crippen LogP contribution in [0.3, 0.4) is 0 Å². The minimum Gasteiger partial charge on any atom is -0.369 e. The van der Waals surface area contributed by atoms with E-state index in [1.807, 2.05) is 30.3 Å². The summed E-state index contributed by atoms with van der Waals surface area (Å²) in [6.45, 7) is 0. The SMILES string of the molecule is NC(=O)C1CCCC(NC(=O)C(N)c2ccccc2)C1. The lowest BCUT2D eigenvalue weighted by atomic mass is 9.85. The zero-order valence-electron chi connectivity index (χ0n) is 11.4. The summed E-state index contributed by atoms with van der Waals surface area (Å²) in [5.41, 5.74) is 12.1. The summed E-state index contributed by atoms with van der Waals surface area (Å²) < 4.78 is 0. The molecule has 1 fully saturated rings. The summed E-state index contributed by atoms with van der Waals surface area (Å²) in [4.78, 5) is 23.4. The van der Waals surface area contributed by atoms with Gasteiger partial charge in [-0.25, -0.2) is 0 Å². The molecule has 3 atom stereocenters. The largest absolute Gasteiger partial charge is 0.369 e. The van der Waals surface area contributed by atoms with Crippen LogP contribution in [0.25, 0.3) is 0 Å². The molecule has 3 unspecified atom stereocenters. The van der Waals surface area contributed by atoms with E-state index in [0.29, 0.717) is 6.42 Å². The van der Waals surface area contributed by atoms with Crippen LogP contribution in [0.15, 0.2) is 30.3 Å². The summed E-state index contributed by atoms with van der Waals surface area (Å²) in [6, 6.07) is 8.56. The average Bonchev–Trinajstić information content (AvgIpc) is 2.47. The van der Waals surface area contributed by atoms with Crippen LogP contribution in [-0.4, -0.2) is 17.9 Å². The van der Waals surface area contributed by atoms with Crippen LogP contribution in [0, 0.1) is 5.92 Å². The van der Waals surface area contributed by atoms with Crippen LogP contribution in [0.4, 0.5) is 0 Å². The number of carbonyl (C=O) groups is 2. The molecule has 0 saturated heterocycles. The normalized spacial score (nSPS) is 23.9. The van der Waals surface area contributed by atoms with Crippen LogP contribution in [0.1, 0.15) is 37.3 Å². The van der Waals surface area contributed by atoms with Gasteiger partial charge in [0.1, 0.15) is 6.04 Å². The lowest BCUT2D eigenvalue weighted by molar-refractivity contribution is -0.126. The second-order valence-corrected chi connectivity index (χ2v) is 5.36. The zero-order valence-corrected chi connectivity index (χ0v) is 11.4. The number of nitrogens with one attached hydrogen (secondary N) is 1. The van der Waals surface area contributed by atoms with Crippen molar-refractivity contribution in [2.24, 2.45) is 17.4 Å². The minimum atomic E-state index is -0.676. The second-order valence-electron chi connectivity index (χ2n) is 5.36. The first-order valence-electron chi connectivity index (χ1n) is 6.98. The van der Waals surface area contributed by atoms with Gasteiger partial charge >= 0.3 is 0 Å². The molecule has 0 radical (unpaired) electrons. The summed E-state index contributed by atoms with van der Waals surface area (Å²) in [5, 5.41) is 2.93. The zero-order chi connectivity index (χ0) is 14.5. The predicted molar refractivity (Wildman–Crippen MR) is 76.5 cm³/mol. The third kappa shape index (κ3) is 3.57. The maximum atomic E-state index is 12.1. The van der Waals surface area contributed by atoms with E-state index in [-0.39, 0.29) is 23.8 Å². The van der Waals surface area contributed by atoms with Crippen molar-refractivity contribution in [3.63, 3.8) is 0 Å². The fourth-order valence-electron chi connectivity index (χ4n) is 2.68. The quantitative estimate of drug-likeness (QED) is 0.759. The summed E-state index contributed by atoms with van der Waals surface area (Å²) in [5.74, 6) is -0.621. The number of hydrogen-bond acceptors (Lipinski definition) is 3. The highest BCUT2D eigenvalue weighted by Crippen LogP contribution is 2.24. The molecule has 0 aliphatic heterocycles. The molecule has 0 bridgehead atoms. The Morgan fingerprint density at radius 1 is 1.20 bits per heavy atom. The van der Waals surface area contributed by atoms with E-state index in [4.69, 9.17) is 11.5 Å². The Morgan fingerprint density at radius 3 is 2.55 bits per heavy atom. The monoisotopic (exact) mass is 275 g/mol. The maximum absolute atomic E-state index is 12.1. The first-order valence-corrected chi connectivity index (χ1v) is 6.98. The lowest BCUT2D eigenvalue weighted by Crippen LogP contribution is -2.44. The number of rotatable bonds is 4. The fourth-order valence-corrected chi connectivity index (χ4v) is 2.68. The van der Waals surface area contributed by atoms with Gasteiger partial charge in [0.05, 0.1) is 0 Å². The van der Waals surface area contributed by atoms with Gasteiger partial charge in [0.15, 0.2) is 0 Å². The van der Waals surface area contributed by atoms with Crippen molar-refractivity contribution in [1.29, 1.82) is 0 Å². The first kappa shape index (κ1) is 14.5. The van der Waals surface area contributed by atoms with Crippen LogP contribution in [-0.2, 0) is 9.59 Å². The third-order valence-electron chi connectivity index (χ3n) is 3.86. The van der Waals surface area contributed by atoms with Gasteiger partial charge in [0, 0.05) is 12.0 Å². The fraction of sp³-hybridized carbons (Fsp3) is 0.467. The molecule has 1 aromatic rings. The molecular weight excluding hydrogens is 254 g/mol. The topological polar surface area (TPSA) is 98.2 Å². The van der Waals surface area contributed by atoms with E-state index in [1.54, 1.807) is 0 Å². The number of hydrogen-bond donors (Lipinski definition) is 3. The molecular formula is C15H21N3O2. The number of carbonyl (C=O) groups excluding carboxylic acids is 2. The van der Waals surface area contributed by atoms with Gasteiger partial charge in [0.25, 0.3) is 0 Å². The Kier molecular flexibility index (Phi) is 4.74. The number of benzene rings is 1. The van der Waals surface area contributed by atoms with Gasteiger partial charge in [-0.15, -0.1) is 0 Å². The molecule has 5 heteroatoms. The van der Waals surface area contributed by atoms with E-state index in [9.17, 15) is 9.59 Å². The molecule has 1 saturated carbocycles. The Morgan fingerprint density at radius 2 is 1.90 bits per heavy atom. The van der Waals surface area contributed by atoms with Gasteiger partial charge in [-0.1, -0.05) is 36.8 Å². The van der Waals surface area contributed by atoms with Crippen molar-refractivity contribution >= 4 is 11.8 Å². The molecule has 0 heterocycles. The molecule has 20 heavy (non-hydrogen) atoms. The molecule has 0 spiro atoms. The summed E-state index contributed by atoms with van der Waals surface area (Å²) in [6.07, 6.45) is 3.20. The van der Waals surface area contributed by atoms with Crippen LogP contribution in [0.5, 0.6) is 0 Å². The summed E-state index contributed by atoms with van der Waals surface area (Å²) >= 11 is 0. The second kappa shape index (κ2) is 6.52. The Balaban J connectivity index is 1.92. The Hall–Kier alpha value is -1.88. The van der Waals surface area contributed by atoms with Gasteiger partial charge in [-0.3, -0.25) is 9.59 Å². The van der Waals surface area contributed by atoms with Crippen LogP contribution >= 0.6 is 0 Å². The number of primary amides is 1. The molecule has 108 valence electrons. The van der Waals surface area contributed by atoms with Gasteiger partial charge in [0.2, 0.25) is 11.8 Å². The molecule has 1 aromatic carbocycles. The molecule has 1 aliphatic rings. The van der Waals surface area contributed by atoms with Crippen LogP contribution in [0.2, 0.25) is 0 Å². The highest BCUT2D eigenvalue weighted by atomic mass is 16.2. The molecule has 2 rings (SSSR count). The summed E-state index contributed by atoms with van der Waals surface area (Å²) in [7, 11) is 0. The third-order valence-corrected chi connectivity index (χ3v) is 3.86. The standard InChI is InChI=1S/C15H21N3O2/c16-13(10-5-2-1-3-6-10)15(20)18-12-8-4-7-11(9-12)14(17)19/h1-3,5-6,11-13H,4,7-9,16H2,(H2,17,19)(H,18,20). The maximum Gasteiger partial charge on any atom is 0.241 e. The minimum absolute atomic E-state index is 0.0106. The molecule has 0 aromatic heterocycles. The van der Waals surface area contributed by atoms with Crippen molar-refractivity contribution in [2.45, 2.75) is 37.8 Å². The van der Waals surface area contributed by atoms with Crippen molar-refractivity contribution in [3.05, 3.63) is 35.9 Å². The van der Waals surface area contributed by atoms with E-state index < -0.39 is 6.04 Å². The smallest absolute Gasteiger partial charge is 0.241 e. The van der Waals surface area contributed by atoms with Crippen molar-refractivity contribution < 1.29 is 9.59 Å². The Labute approximate surface area is 118 Å². The van der Waals surface area contributed by atoms with E-state index >= 15 is 0 Å². The van der Waals surface area contributed by atoms with Crippen molar-refractivity contribution in [1.82, 2.24) is 5.32 Å². The number of nitrogens with two attached hydrogens (primary N) is 2. The highest BCUT2D eigenvalue weighted by Gasteiger charge is 2.28. The number of amides is 2. The predicted octanol–water partition coefficient (Wildman–Crippen LogP) is 0.847. The molecule has 2 amide bonds. The van der Waals surface area contributed by atoms with Gasteiger partial charge in [-0.2, -0.15) is 0 Å². The van der Waals surface area contributed by atoms with Crippen LogP contribution < -0.4 is 16.8 Å². The van der Waals surface area contributed by atoms with E-state index in [2.05, 4.69) is 5.32 Å². The van der Waals surface area contributed by atoms with E-state index in [0.717, 1.165) is 24.8 Å². The molecule has 5 nitrogen and oxygen atoms in total. The van der Waals surface area contributed by atoms with Gasteiger partial charge in [-0.05, 0) is 24.8 Å². The van der Waals surface area contributed by atoms with Crippen molar-refractivity contribution in [3.8, 4) is 0 Å². The first-order chi connectivity index (χ1) is 9.58. The highest BCUT2D eigenvalue weighted by molar-refractivity contribution is 5.83. The van der Waals surface area contributed by atoms with Crippen molar-refractivity contribution in [2.75, 3.05) is 0 Å². The Bertz CT molecular complexity index is 475. The molecule has 5 N–H and O–H groups in total. The average molecular weight is 275 g/mol. The van der Waals surface area contributed by atoms with E-state index in [1.165, 1.54) is 0 Å². The van der Waals surface area contributed by atoms with Gasteiger partial charge < -0.3 is 16.8 Å².